The molecule has 0 aliphatic heterocycles. The molecule has 4 N–H and O–H groups in total. The molecule has 20 heavy (non-hydrogen) atoms. The molecule has 1 unspecified atom stereocenters. The molecule has 1 aliphatic rings. The molecule has 0 aromatic heterocycles. The summed E-state index contributed by atoms with van der Waals surface area (Å²) in [5, 5.41) is 12.2. The van der Waals surface area contributed by atoms with Crippen LogP contribution in [0.3, 0.4) is 0 Å². The molecule has 1 atom stereocenters. The maximum absolute atomic E-state index is 12.4. The molecule has 0 radical (unpaired) electrons. The highest BCUT2D eigenvalue weighted by molar-refractivity contribution is 5.91. The number of carboxylic acids is 1. The fourth-order valence-corrected chi connectivity index (χ4v) is 2.51. The molecule has 2 rings (SSSR count). The Bertz CT molecular complexity index is 506. The molecule has 0 saturated heterocycles. The molecular formula is C15H20N2O3. The number of nitrogens with one attached hydrogen (secondary N) is 1. The number of carbonyl (C=O) groups is 2. The second kappa shape index (κ2) is 5.25. The number of benzene rings is 1. The van der Waals surface area contributed by atoms with Gasteiger partial charge in [0.25, 0.3) is 0 Å². The summed E-state index contributed by atoms with van der Waals surface area (Å²) in [5.74, 6) is -1.34. The number of hydrogen-bond donors (Lipinski definition) is 3. The van der Waals surface area contributed by atoms with Gasteiger partial charge in [0, 0.05) is 6.54 Å². The summed E-state index contributed by atoms with van der Waals surface area (Å²) < 4.78 is 0. The molecule has 1 aromatic carbocycles. The summed E-state index contributed by atoms with van der Waals surface area (Å²) in [6, 6.07) is 8.71. The van der Waals surface area contributed by atoms with Gasteiger partial charge in [-0.3, -0.25) is 4.79 Å². The molecule has 0 spiro atoms. The van der Waals surface area contributed by atoms with E-state index in [1.54, 1.807) is 30.3 Å². The normalized spacial score (nSPS) is 19.5. The van der Waals surface area contributed by atoms with Crippen molar-refractivity contribution in [2.45, 2.75) is 31.7 Å². The van der Waals surface area contributed by atoms with Gasteiger partial charge in [0.05, 0.1) is 5.41 Å². The minimum atomic E-state index is -1.43. The molecule has 1 amide bonds. The van der Waals surface area contributed by atoms with E-state index in [2.05, 4.69) is 5.32 Å². The lowest BCUT2D eigenvalue weighted by molar-refractivity contribution is -0.150. The third kappa shape index (κ3) is 2.29. The standard InChI is InChI=1S/C15H20N2O3/c1-14(13(19)20,11-6-3-2-4-7-11)17-12(18)15(10-16)8-5-9-15/h2-4,6-7H,5,8-10,16H2,1H3,(H,17,18)(H,19,20). The lowest BCUT2D eigenvalue weighted by Gasteiger charge is -2.41. The van der Waals surface area contributed by atoms with Gasteiger partial charge in [-0.15, -0.1) is 0 Å². The van der Waals surface area contributed by atoms with Crippen molar-refractivity contribution in [2.24, 2.45) is 11.1 Å². The van der Waals surface area contributed by atoms with Crippen LogP contribution < -0.4 is 11.1 Å². The van der Waals surface area contributed by atoms with Crippen molar-refractivity contribution in [1.82, 2.24) is 5.32 Å². The molecular weight excluding hydrogens is 256 g/mol. The number of carboxylic acid groups (broad SMARTS) is 1. The Morgan fingerprint density at radius 1 is 1.35 bits per heavy atom. The minimum absolute atomic E-state index is 0.253. The highest BCUT2D eigenvalue weighted by atomic mass is 16.4. The van der Waals surface area contributed by atoms with Gasteiger partial charge in [-0.2, -0.15) is 0 Å². The maximum atomic E-state index is 12.4. The largest absolute Gasteiger partial charge is 0.479 e. The Morgan fingerprint density at radius 2 is 1.95 bits per heavy atom. The summed E-state index contributed by atoms with van der Waals surface area (Å²) in [4.78, 5) is 24.1. The van der Waals surface area contributed by atoms with Crippen molar-refractivity contribution in [3.8, 4) is 0 Å². The molecule has 1 fully saturated rings. The zero-order chi connectivity index (χ0) is 14.8. The van der Waals surface area contributed by atoms with Gasteiger partial charge in [0.15, 0.2) is 5.54 Å². The van der Waals surface area contributed by atoms with Gasteiger partial charge in [0.2, 0.25) is 5.91 Å². The van der Waals surface area contributed by atoms with Gasteiger partial charge in [-0.25, -0.2) is 4.79 Å². The SMILES string of the molecule is CC(NC(=O)C1(CN)CCC1)(C(=O)O)c1ccccc1. The summed E-state index contributed by atoms with van der Waals surface area (Å²) in [5.41, 5.74) is 4.22. The average Bonchev–Trinajstić information content (AvgIpc) is 2.38. The molecule has 1 saturated carbocycles. The van der Waals surface area contributed by atoms with Crippen LogP contribution in [0.5, 0.6) is 0 Å². The second-order valence-electron chi connectivity index (χ2n) is 5.59. The van der Waals surface area contributed by atoms with Gasteiger partial charge in [-0.05, 0) is 25.3 Å². The fourth-order valence-electron chi connectivity index (χ4n) is 2.51. The predicted octanol–water partition coefficient (Wildman–Crippen LogP) is 1.23. The second-order valence-corrected chi connectivity index (χ2v) is 5.59. The molecule has 5 heteroatoms. The fraction of sp³-hybridized carbons (Fsp3) is 0.467. The van der Waals surface area contributed by atoms with Crippen molar-refractivity contribution < 1.29 is 14.7 Å². The summed E-state index contributed by atoms with van der Waals surface area (Å²) >= 11 is 0. The topological polar surface area (TPSA) is 92.4 Å². The van der Waals surface area contributed by atoms with Crippen LogP contribution in [-0.4, -0.2) is 23.5 Å². The first-order valence-electron chi connectivity index (χ1n) is 6.76. The van der Waals surface area contributed by atoms with Crippen LogP contribution >= 0.6 is 0 Å². The monoisotopic (exact) mass is 276 g/mol. The third-order valence-electron chi connectivity index (χ3n) is 4.33. The predicted molar refractivity (Wildman–Crippen MR) is 74.9 cm³/mol. The number of amides is 1. The summed E-state index contributed by atoms with van der Waals surface area (Å²) in [6.07, 6.45) is 2.40. The minimum Gasteiger partial charge on any atom is -0.479 e. The Balaban J connectivity index is 2.27. The zero-order valence-corrected chi connectivity index (χ0v) is 11.6. The molecule has 0 bridgehead atoms. The van der Waals surface area contributed by atoms with E-state index in [0.717, 1.165) is 19.3 Å². The van der Waals surface area contributed by atoms with Crippen LogP contribution in [0.15, 0.2) is 30.3 Å². The Labute approximate surface area is 118 Å². The van der Waals surface area contributed by atoms with Gasteiger partial charge in [-0.1, -0.05) is 36.8 Å². The van der Waals surface area contributed by atoms with E-state index in [1.165, 1.54) is 6.92 Å². The van der Waals surface area contributed by atoms with Crippen molar-refractivity contribution in [2.75, 3.05) is 6.54 Å². The Hall–Kier alpha value is -1.88. The van der Waals surface area contributed by atoms with Crippen LogP contribution in [0.1, 0.15) is 31.7 Å². The highest BCUT2D eigenvalue weighted by Gasteiger charge is 2.47. The highest BCUT2D eigenvalue weighted by Crippen LogP contribution is 2.41. The van der Waals surface area contributed by atoms with E-state index in [0.29, 0.717) is 5.56 Å². The molecule has 5 nitrogen and oxygen atoms in total. The lowest BCUT2D eigenvalue weighted by atomic mass is 9.67. The summed E-state index contributed by atoms with van der Waals surface area (Å²) in [6.45, 7) is 1.76. The number of nitrogens with two attached hydrogens (primary N) is 1. The third-order valence-corrected chi connectivity index (χ3v) is 4.33. The van der Waals surface area contributed by atoms with E-state index in [1.807, 2.05) is 0 Å². The summed E-state index contributed by atoms with van der Waals surface area (Å²) in [7, 11) is 0. The van der Waals surface area contributed by atoms with Crippen LogP contribution in [0.25, 0.3) is 0 Å². The smallest absolute Gasteiger partial charge is 0.333 e. The molecule has 1 aliphatic carbocycles. The van der Waals surface area contributed by atoms with Crippen LogP contribution in [-0.2, 0) is 15.1 Å². The van der Waals surface area contributed by atoms with Gasteiger partial charge >= 0.3 is 5.97 Å². The van der Waals surface area contributed by atoms with E-state index in [-0.39, 0.29) is 12.5 Å². The number of carbonyl (C=O) groups excluding carboxylic acids is 1. The van der Waals surface area contributed by atoms with E-state index >= 15 is 0 Å². The lowest BCUT2D eigenvalue weighted by Crippen LogP contribution is -2.58. The van der Waals surface area contributed by atoms with Gasteiger partial charge in [0.1, 0.15) is 0 Å². The maximum Gasteiger partial charge on any atom is 0.333 e. The Kier molecular flexibility index (Phi) is 3.81. The number of rotatable bonds is 5. The van der Waals surface area contributed by atoms with E-state index in [4.69, 9.17) is 5.73 Å². The van der Waals surface area contributed by atoms with Crippen LogP contribution in [0, 0.1) is 5.41 Å². The van der Waals surface area contributed by atoms with E-state index in [9.17, 15) is 14.7 Å². The van der Waals surface area contributed by atoms with Crippen molar-refractivity contribution in [3.05, 3.63) is 35.9 Å². The van der Waals surface area contributed by atoms with Crippen molar-refractivity contribution in [3.63, 3.8) is 0 Å². The van der Waals surface area contributed by atoms with Gasteiger partial charge < -0.3 is 16.2 Å². The zero-order valence-electron chi connectivity index (χ0n) is 11.6. The Morgan fingerprint density at radius 3 is 2.35 bits per heavy atom. The number of aliphatic carboxylic acids is 1. The molecule has 1 aromatic rings. The first-order valence-corrected chi connectivity index (χ1v) is 6.76. The average molecular weight is 276 g/mol. The van der Waals surface area contributed by atoms with Crippen LogP contribution in [0.2, 0.25) is 0 Å². The van der Waals surface area contributed by atoms with Crippen molar-refractivity contribution in [1.29, 1.82) is 0 Å². The molecule has 0 heterocycles. The molecule has 108 valence electrons. The first kappa shape index (κ1) is 14.5. The van der Waals surface area contributed by atoms with Crippen molar-refractivity contribution >= 4 is 11.9 Å². The quantitative estimate of drug-likeness (QED) is 0.754. The number of hydrogen-bond acceptors (Lipinski definition) is 3. The van der Waals surface area contributed by atoms with Crippen LogP contribution in [0.4, 0.5) is 0 Å². The first-order chi connectivity index (χ1) is 9.44. The van der Waals surface area contributed by atoms with E-state index < -0.39 is 16.9 Å².